The molecule has 0 aliphatic carbocycles. The Morgan fingerprint density at radius 2 is 1.88 bits per heavy atom. The van der Waals surface area contributed by atoms with Crippen molar-refractivity contribution in [2.24, 2.45) is 5.73 Å². The summed E-state index contributed by atoms with van der Waals surface area (Å²) in [6.07, 6.45) is -2.02. The lowest BCUT2D eigenvalue weighted by Crippen LogP contribution is -2.49. The largest absolute Gasteiger partial charge is 0.418 e. The number of nitrogens with two attached hydrogens (primary N) is 1. The summed E-state index contributed by atoms with van der Waals surface area (Å²) in [5, 5.41) is 9.95. The summed E-state index contributed by atoms with van der Waals surface area (Å²) in [7, 11) is 0. The molecule has 6 nitrogen and oxygen atoms in total. The molecule has 136 valence electrons. The first kappa shape index (κ1) is 18.9. The maximum absolute atomic E-state index is 13.1. The number of aromatic nitrogens is 3. The van der Waals surface area contributed by atoms with Crippen LogP contribution in [-0.2, 0) is 6.18 Å². The molecule has 0 spiro atoms. The normalized spacial score (nSPS) is 12.2. The number of rotatable bonds is 6. The quantitative estimate of drug-likeness (QED) is 0.834. The van der Waals surface area contributed by atoms with Crippen molar-refractivity contribution in [1.82, 2.24) is 20.3 Å². The fourth-order valence-electron chi connectivity index (χ4n) is 2.25. The van der Waals surface area contributed by atoms with Crippen molar-refractivity contribution < 1.29 is 18.0 Å². The Bertz CT molecular complexity index is 737. The zero-order valence-corrected chi connectivity index (χ0v) is 14.0. The molecule has 0 bridgehead atoms. The molecular weight excluding hydrogens is 335 g/mol. The van der Waals surface area contributed by atoms with Gasteiger partial charge in [-0.25, -0.2) is 4.68 Å². The van der Waals surface area contributed by atoms with Crippen molar-refractivity contribution in [3.63, 3.8) is 0 Å². The SMILES string of the molecule is CCC(N)(CC)CNC(=O)c1cn(-c2ccccc2C(F)(F)F)nn1. The third-order valence-electron chi connectivity index (χ3n) is 4.19. The highest BCUT2D eigenvalue weighted by Crippen LogP contribution is 2.33. The van der Waals surface area contributed by atoms with Crippen LogP contribution in [0.5, 0.6) is 0 Å². The lowest BCUT2D eigenvalue weighted by Gasteiger charge is -2.26. The van der Waals surface area contributed by atoms with Gasteiger partial charge in [-0.2, -0.15) is 13.2 Å². The summed E-state index contributed by atoms with van der Waals surface area (Å²) in [5.41, 5.74) is 4.44. The van der Waals surface area contributed by atoms with Crippen molar-refractivity contribution in [3.8, 4) is 5.69 Å². The van der Waals surface area contributed by atoms with Gasteiger partial charge in [0, 0.05) is 12.1 Å². The predicted molar refractivity (Wildman–Crippen MR) is 86.2 cm³/mol. The molecule has 2 rings (SSSR count). The minimum Gasteiger partial charge on any atom is -0.349 e. The molecule has 0 unspecified atom stereocenters. The van der Waals surface area contributed by atoms with Crippen LogP contribution in [0, 0.1) is 0 Å². The smallest absolute Gasteiger partial charge is 0.349 e. The Kier molecular flexibility index (Phi) is 5.46. The summed E-state index contributed by atoms with van der Waals surface area (Å²) in [6, 6.07) is 4.95. The van der Waals surface area contributed by atoms with E-state index in [0.29, 0.717) is 12.8 Å². The number of para-hydroxylation sites is 1. The monoisotopic (exact) mass is 355 g/mol. The van der Waals surface area contributed by atoms with E-state index in [-0.39, 0.29) is 17.9 Å². The van der Waals surface area contributed by atoms with E-state index < -0.39 is 23.2 Å². The number of nitrogens with zero attached hydrogens (tertiary/aromatic N) is 3. The van der Waals surface area contributed by atoms with Crippen molar-refractivity contribution in [3.05, 3.63) is 41.7 Å². The third kappa shape index (κ3) is 4.36. The molecule has 0 radical (unpaired) electrons. The van der Waals surface area contributed by atoms with E-state index in [1.165, 1.54) is 18.2 Å². The predicted octanol–water partition coefficient (Wildman–Crippen LogP) is 2.53. The molecule has 0 saturated heterocycles. The standard InChI is InChI=1S/C16H20F3N5O/c1-3-15(20,4-2)10-21-14(25)12-9-24(23-22-12)13-8-6-5-7-11(13)16(17,18)19/h5-9H,3-4,10,20H2,1-2H3,(H,21,25). The van der Waals surface area contributed by atoms with Crippen LogP contribution in [0.15, 0.2) is 30.5 Å². The molecular formula is C16H20F3N5O. The zero-order valence-electron chi connectivity index (χ0n) is 14.0. The zero-order chi connectivity index (χ0) is 18.7. The second-order valence-electron chi connectivity index (χ2n) is 5.82. The molecule has 0 fully saturated rings. The van der Waals surface area contributed by atoms with E-state index in [0.717, 1.165) is 16.9 Å². The van der Waals surface area contributed by atoms with Crippen LogP contribution in [0.25, 0.3) is 5.69 Å². The summed E-state index contributed by atoms with van der Waals surface area (Å²) in [4.78, 5) is 12.1. The number of halogens is 3. The molecule has 0 aliphatic rings. The fourth-order valence-corrected chi connectivity index (χ4v) is 2.25. The van der Waals surface area contributed by atoms with Crippen LogP contribution in [-0.4, -0.2) is 33.0 Å². The number of nitrogens with one attached hydrogen (secondary N) is 1. The van der Waals surface area contributed by atoms with Gasteiger partial charge in [0.2, 0.25) is 0 Å². The number of alkyl halides is 3. The molecule has 9 heteroatoms. The molecule has 0 saturated carbocycles. The van der Waals surface area contributed by atoms with Crippen LogP contribution in [0.1, 0.15) is 42.7 Å². The minimum atomic E-state index is -4.54. The Labute approximate surface area is 143 Å². The topological polar surface area (TPSA) is 85.8 Å². The average molecular weight is 355 g/mol. The van der Waals surface area contributed by atoms with Crippen molar-refractivity contribution >= 4 is 5.91 Å². The van der Waals surface area contributed by atoms with Gasteiger partial charge >= 0.3 is 6.18 Å². The van der Waals surface area contributed by atoms with Crippen molar-refractivity contribution in [2.45, 2.75) is 38.4 Å². The Hall–Kier alpha value is -2.42. The van der Waals surface area contributed by atoms with Gasteiger partial charge in [-0.1, -0.05) is 31.2 Å². The highest BCUT2D eigenvalue weighted by atomic mass is 19.4. The number of amides is 1. The van der Waals surface area contributed by atoms with Gasteiger partial charge in [-0.15, -0.1) is 5.10 Å². The van der Waals surface area contributed by atoms with Gasteiger partial charge in [0.25, 0.3) is 5.91 Å². The summed E-state index contributed by atoms with van der Waals surface area (Å²) >= 11 is 0. The maximum Gasteiger partial charge on any atom is 0.418 e. The van der Waals surface area contributed by atoms with Gasteiger partial charge in [0.1, 0.15) is 0 Å². The highest BCUT2D eigenvalue weighted by molar-refractivity contribution is 5.92. The number of hydrogen-bond donors (Lipinski definition) is 2. The number of benzene rings is 1. The molecule has 1 heterocycles. The third-order valence-corrected chi connectivity index (χ3v) is 4.19. The van der Waals surface area contributed by atoms with Gasteiger partial charge in [-0.3, -0.25) is 4.79 Å². The van der Waals surface area contributed by atoms with Gasteiger partial charge in [0.05, 0.1) is 17.4 Å². The van der Waals surface area contributed by atoms with Crippen LogP contribution in [0.4, 0.5) is 13.2 Å². The van der Waals surface area contributed by atoms with Crippen LogP contribution in [0.3, 0.4) is 0 Å². The summed E-state index contributed by atoms with van der Waals surface area (Å²) < 4.78 is 40.2. The summed E-state index contributed by atoms with van der Waals surface area (Å²) in [5.74, 6) is -0.535. The second kappa shape index (κ2) is 7.22. The fraction of sp³-hybridized carbons (Fsp3) is 0.438. The molecule has 2 aromatic rings. The first-order valence-corrected chi connectivity index (χ1v) is 7.86. The number of carbonyl (C=O) groups excluding carboxylic acids is 1. The lowest BCUT2D eigenvalue weighted by atomic mass is 9.94. The lowest BCUT2D eigenvalue weighted by molar-refractivity contribution is -0.137. The van der Waals surface area contributed by atoms with Gasteiger partial charge < -0.3 is 11.1 Å². The minimum absolute atomic E-state index is 0.0773. The Morgan fingerprint density at radius 3 is 2.48 bits per heavy atom. The molecule has 3 N–H and O–H groups in total. The van der Waals surface area contributed by atoms with E-state index in [1.54, 1.807) is 0 Å². The van der Waals surface area contributed by atoms with E-state index in [1.807, 2.05) is 13.8 Å². The Morgan fingerprint density at radius 1 is 1.24 bits per heavy atom. The van der Waals surface area contributed by atoms with E-state index >= 15 is 0 Å². The van der Waals surface area contributed by atoms with E-state index in [2.05, 4.69) is 15.6 Å². The number of carbonyl (C=O) groups is 1. The van der Waals surface area contributed by atoms with E-state index in [9.17, 15) is 18.0 Å². The van der Waals surface area contributed by atoms with Crippen LogP contribution < -0.4 is 11.1 Å². The van der Waals surface area contributed by atoms with Gasteiger partial charge in [0.15, 0.2) is 5.69 Å². The van der Waals surface area contributed by atoms with Crippen LogP contribution >= 0.6 is 0 Å². The number of hydrogen-bond acceptors (Lipinski definition) is 4. The first-order chi connectivity index (χ1) is 11.7. The highest BCUT2D eigenvalue weighted by Gasteiger charge is 2.34. The van der Waals surface area contributed by atoms with E-state index in [4.69, 9.17) is 5.73 Å². The Balaban J connectivity index is 2.20. The first-order valence-electron chi connectivity index (χ1n) is 7.86. The molecule has 1 amide bonds. The average Bonchev–Trinajstić information content (AvgIpc) is 3.08. The maximum atomic E-state index is 13.1. The molecule has 1 aromatic carbocycles. The second-order valence-corrected chi connectivity index (χ2v) is 5.82. The molecule has 25 heavy (non-hydrogen) atoms. The van der Waals surface area contributed by atoms with Crippen molar-refractivity contribution in [1.29, 1.82) is 0 Å². The van der Waals surface area contributed by atoms with Gasteiger partial charge in [-0.05, 0) is 25.0 Å². The van der Waals surface area contributed by atoms with Crippen LogP contribution in [0.2, 0.25) is 0 Å². The van der Waals surface area contributed by atoms with Crippen molar-refractivity contribution in [2.75, 3.05) is 6.54 Å². The molecule has 0 atom stereocenters. The molecule has 0 aliphatic heterocycles. The summed E-state index contributed by atoms with van der Waals surface area (Å²) in [6.45, 7) is 4.07. The molecule has 1 aromatic heterocycles.